The molecule has 1 aromatic heterocycles. The van der Waals surface area contributed by atoms with E-state index in [2.05, 4.69) is 36.5 Å². The Kier molecular flexibility index (Phi) is 5.38. The Morgan fingerprint density at radius 1 is 1.17 bits per heavy atom. The van der Waals surface area contributed by atoms with Gasteiger partial charge in [0.05, 0.1) is 6.04 Å². The lowest BCUT2D eigenvalue weighted by Crippen LogP contribution is -2.33. The zero-order valence-electron chi connectivity index (χ0n) is 16.7. The Bertz CT molecular complexity index is 1080. The zero-order valence-corrected chi connectivity index (χ0v) is 16.7. The molecule has 1 saturated carbocycles. The van der Waals surface area contributed by atoms with Crippen molar-refractivity contribution in [1.82, 2.24) is 5.32 Å². The summed E-state index contributed by atoms with van der Waals surface area (Å²) >= 11 is 0. The van der Waals surface area contributed by atoms with E-state index in [0.29, 0.717) is 17.3 Å². The number of rotatable bonds is 7. The summed E-state index contributed by atoms with van der Waals surface area (Å²) in [6, 6.07) is 15.2. The van der Waals surface area contributed by atoms with Crippen molar-refractivity contribution in [2.75, 3.05) is 6.61 Å². The van der Waals surface area contributed by atoms with Gasteiger partial charge < -0.3 is 14.5 Å². The molecule has 1 N–H and O–H groups in total. The summed E-state index contributed by atoms with van der Waals surface area (Å²) in [7, 11) is 0. The monoisotopic (exact) mass is 391 g/mol. The van der Waals surface area contributed by atoms with Gasteiger partial charge in [0.25, 0.3) is 5.91 Å². The topological polar surface area (TPSA) is 68.5 Å². The summed E-state index contributed by atoms with van der Waals surface area (Å²) in [4.78, 5) is 24.2. The van der Waals surface area contributed by atoms with Crippen LogP contribution in [0.1, 0.15) is 42.5 Å². The van der Waals surface area contributed by atoms with Crippen molar-refractivity contribution in [3.8, 4) is 5.75 Å². The van der Waals surface area contributed by atoms with E-state index in [-0.39, 0.29) is 24.2 Å². The number of carbonyl (C=O) groups excluding carboxylic acids is 1. The summed E-state index contributed by atoms with van der Waals surface area (Å²) in [6.07, 6.45) is 3.00. The average molecular weight is 391 g/mol. The molecule has 0 saturated heterocycles. The number of carbonyl (C=O) groups is 1. The van der Waals surface area contributed by atoms with E-state index < -0.39 is 0 Å². The number of nitrogens with one attached hydrogen (secondary N) is 1. The van der Waals surface area contributed by atoms with Crippen molar-refractivity contribution in [3.05, 3.63) is 75.6 Å². The van der Waals surface area contributed by atoms with Crippen LogP contribution >= 0.6 is 0 Å². The van der Waals surface area contributed by atoms with Crippen molar-refractivity contribution < 1.29 is 13.9 Å². The molecular formula is C24H25NO4. The minimum Gasteiger partial charge on any atom is -0.484 e. The largest absolute Gasteiger partial charge is 0.484 e. The van der Waals surface area contributed by atoms with Gasteiger partial charge in [-0.15, -0.1) is 0 Å². The highest BCUT2D eigenvalue weighted by atomic mass is 16.5. The number of amides is 1. The second-order valence-corrected chi connectivity index (χ2v) is 7.68. The van der Waals surface area contributed by atoms with Crippen molar-refractivity contribution in [2.45, 2.75) is 39.2 Å². The zero-order chi connectivity index (χ0) is 20.4. The highest BCUT2D eigenvalue weighted by molar-refractivity contribution is 5.82. The maximum atomic E-state index is 12.5. The van der Waals surface area contributed by atoms with E-state index in [1.807, 2.05) is 13.0 Å². The summed E-state index contributed by atoms with van der Waals surface area (Å²) < 4.78 is 11.0. The molecule has 0 bridgehead atoms. The van der Waals surface area contributed by atoms with Crippen molar-refractivity contribution in [2.24, 2.45) is 5.92 Å². The number of aryl methyl sites for hydroxylation is 2. The molecule has 1 aliphatic carbocycles. The molecule has 5 nitrogen and oxygen atoms in total. The Morgan fingerprint density at radius 3 is 2.62 bits per heavy atom. The van der Waals surface area contributed by atoms with Crippen LogP contribution in [0, 0.1) is 12.8 Å². The van der Waals surface area contributed by atoms with Gasteiger partial charge in [-0.2, -0.15) is 0 Å². The second kappa shape index (κ2) is 8.11. The molecule has 1 heterocycles. The fraction of sp³-hybridized carbons (Fsp3) is 0.333. The average Bonchev–Trinajstić information content (AvgIpc) is 3.55. The third-order valence-electron chi connectivity index (χ3n) is 5.40. The van der Waals surface area contributed by atoms with Crippen molar-refractivity contribution in [1.29, 1.82) is 0 Å². The van der Waals surface area contributed by atoms with Crippen LogP contribution in [0.4, 0.5) is 0 Å². The van der Waals surface area contributed by atoms with E-state index in [0.717, 1.165) is 35.8 Å². The lowest BCUT2D eigenvalue weighted by Gasteiger charge is -2.19. The molecule has 1 unspecified atom stereocenters. The standard InChI is InChI=1S/C24H25NO4/c1-3-16-12-23(27)29-21-13-19(10-11-20(16)21)28-14-22(26)25-24(18-8-9-18)17-6-4-15(2)5-7-17/h4-7,10-13,18,24H,3,8-9,14H2,1-2H3,(H,25,26). The van der Waals surface area contributed by atoms with E-state index >= 15 is 0 Å². The van der Waals surface area contributed by atoms with Crippen LogP contribution in [0.3, 0.4) is 0 Å². The molecule has 4 rings (SSSR count). The minimum atomic E-state index is -0.380. The van der Waals surface area contributed by atoms with Gasteiger partial charge in [-0.1, -0.05) is 36.8 Å². The Morgan fingerprint density at radius 2 is 1.93 bits per heavy atom. The first kappa shape index (κ1) is 19.2. The van der Waals surface area contributed by atoms with Crippen molar-refractivity contribution in [3.63, 3.8) is 0 Å². The van der Waals surface area contributed by atoms with Gasteiger partial charge in [0.1, 0.15) is 11.3 Å². The lowest BCUT2D eigenvalue weighted by molar-refractivity contribution is -0.124. The van der Waals surface area contributed by atoms with E-state index in [9.17, 15) is 9.59 Å². The highest BCUT2D eigenvalue weighted by Crippen LogP contribution is 2.41. The Labute approximate surface area is 169 Å². The minimum absolute atomic E-state index is 0.0217. The number of hydrogen-bond donors (Lipinski definition) is 1. The molecule has 1 fully saturated rings. The van der Waals surface area contributed by atoms with Crippen LogP contribution in [-0.2, 0) is 11.2 Å². The number of benzene rings is 2. The SMILES string of the molecule is CCc1cc(=O)oc2cc(OCC(=O)NC(c3ccc(C)cc3)C3CC3)ccc12. The smallest absolute Gasteiger partial charge is 0.336 e. The molecule has 5 heteroatoms. The normalized spacial score (nSPS) is 14.6. The maximum Gasteiger partial charge on any atom is 0.336 e. The van der Waals surface area contributed by atoms with Gasteiger partial charge in [0.15, 0.2) is 6.61 Å². The maximum absolute atomic E-state index is 12.5. The van der Waals surface area contributed by atoms with Gasteiger partial charge in [-0.3, -0.25) is 4.79 Å². The van der Waals surface area contributed by atoms with Gasteiger partial charge in [0, 0.05) is 17.5 Å². The molecular weight excluding hydrogens is 366 g/mol. The summed E-state index contributed by atoms with van der Waals surface area (Å²) in [5, 5.41) is 4.00. The first-order valence-electron chi connectivity index (χ1n) is 10.1. The fourth-order valence-electron chi connectivity index (χ4n) is 3.63. The number of hydrogen-bond acceptors (Lipinski definition) is 4. The molecule has 0 spiro atoms. The molecule has 0 radical (unpaired) electrons. The first-order chi connectivity index (χ1) is 14.0. The molecule has 29 heavy (non-hydrogen) atoms. The van der Waals surface area contributed by atoms with E-state index in [1.54, 1.807) is 12.1 Å². The first-order valence-corrected chi connectivity index (χ1v) is 10.1. The van der Waals surface area contributed by atoms with Crippen LogP contribution < -0.4 is 15.7 Å². The third kappa shape index (κ3) is 4.50. The number of ether oxygens (including phenoxy) is 1. The lowest BCUT2D eigenvalue weighted by atomic mass is 10.0. The summed E-state index contributed by atoms with van der Waals surface area (Å²) in [6.45, 7) is 3.96. The molecule has 1 aliphatic rings. The molecule has 2 aromatic carbocycles. The van der Waals surface area contributed by atoms with Gasteiger partial charge in [-0.25, -0.2) is 4.79 Å². The van der Waals surface area contributed by atoms with Crippen LogP contribution in [0.25, 0.3) is 11.0 Å². The predicted octanol–water partition coefficient (Wildman–Crippen LogP) is 4.31. The Hall–Kier alpha value is -3.08. The van der Waals surface area contributed by atoms with Crippen LogP contribution in [0.2, 0.25) is 0 Å². The summed E-state index contributed by atoms with van der Waals surface area (Å²) in [5.74, 6) is 0.831. The van der Waals surface area contributed by atoms with Crippen LogP contribution in [0.15, 0.2) is 57.7 Å². The van der Waals surface area contributed by atoms with Crippen LogP contribution in [-0.4, -0.2) is 12.5 Å². The molecule has 150 valence electrons. The second-order valence-electron chi connectivity index (χ2n) is 7.68. The van der Waals surface area contributed by atoms with Gasteiger partial charge in [0.2, 0.25) is 0 Å². The predicted molar refractivity (Wildman–Crippen MR) is 112 cm³/mol. The fourth-order valence-corrected chi connectivity index (χ4v) is 3.63. The third-order valence-corrected chi connectivity index (χ3v) is 5.40. The van der Waals surface area contributed by atoms with Gasteiger partial charge >= 0.3 is 5.63 Å². The number of fused-ring (bicyclic) bond motifs is 1. The quantitative estimate of drug-likeness (QED) is 0.610. The summed E-state index contributed by atoms with van der Waals surface area (Å²) in [5.41, 5.74) is 3.36. The molecule has 0 aliphatic heterocycles. The molecule has 1 amide bonds. The highest BCUT2D eigenvalue weighted by Gasteiger charge is 2.33. The molecule has 1 atom stereocenters. The van der Waals surface area contributed by atoms with E-state index in [4.69, 9.17) is 9.15 Å². The van der Waals surface area contributed by atoms with E-state index in [1.165, 1.54) is 11.6 Å². The van der Waals surface area contributed by atoms with Crippen LogP contribution in [0.5, 0.6) is 5.75 Å². The van der Waals surface area contributed by atoms with Gasteiger partial charge in [-0.05, 0) is 55.4 Å². The van der Waals surface area contributed by atoms with Crippen molar-refractivity contribution >= 4 is 16.9 Å². The Balaban J connectivity index is 1.43. The molecule has 3 aromatic rings.